The molecule has 2 rings (SSSR count). The van der Waals surface area contributed by atoms with Crippen LogP contribution in [-0.2, 0) is 11.3 Å². The van der Waals surface area contributed by atoms with Crippen molar-refractivity contribution in [1.82, 2.24) is 5.32 Å². The second-order valence-corrected chi connectivity index (χ2v) is 6.53. The molecule has 0 heterocycles. The molecular weight excluding hydrogens is 328 g/mol. The van der Waals surface area contributed by atoms with E-state index in [-0.39, 0.29) is 0 Å². The molecule has 0 amide bonds. The Balaban J connectivity index is 2.00. The topological polar surface area (TPSA) is 24.5 Å². The zero-order chi connectivity index (χ0) is 15.1. The molecule has 118 valence electrons. The highest BCUT2D eigenvalue weighted by atomic mass is 79.9. The van der Waals surface area contributed by atoms with Crippen LogP contribution in [0.3, 0.4) is 0 Å². The first-order valence-electron chi connectivity index (χ1n) is 8.01. The molecule has 1 fully saturated rings. The summed E-state index contributed by atoms with van der Waals surface area (Å²) in [5.41, 5.74) is 2.65. The lowest BCUT2D eigenvalue weighted by Crippen LogP contribution is -2.33. The SMILES string of the molecule is CCN(c1ccc(CNCCOC)cc1Br)C1CCCC1. The number of anilines is 1. The number of rotatable bonds is 8. The van der Waals surface area contributed by atoms with E-state index in [1.165, 1.54) is 41.4 Å². The summed E-state index contributed by atoms with van der Waals surface area (Å²) < 4.78 is 6.26. The van der Waals surface area contributed by atoms with Crippen molar-refractivity contribution in [2.75, 3.05) is 31.7 Å². The number of nitrogens with zero attached hydrogens (tertiary/aromatic N) is 1. The van der Waals surface area contributed by atoms with Crippen LogP contribution >= 0.6 is 15.9 Å². The molecule has 0 bridgehead atoms. The molecule has 1 aromatic carbocycles. The Morgan fingerprint density at radius 2 is 2.10 bits per heavy atom. The molecule has 3 nitrogen and oxygen atoms in total. The van der Waals surface area contributed by atoms with Crippen LogP contribution < -0.4 is 10.2 Å². The maximum Gasteiger partial charge on any atom is 0.0587 e. The van der Waals surface area contributed by atoms with Crippen molar-refractivity contribution in [2.24, 2.45) is 0 Å². The Hall–Kier alpha value is -0.580. The standard InChI is InChI=1S/C17H27BrN2O/c1-3-20(15-6-4-5-7-15)17-9-8-14(12-16(17)18)13-19-10-11-21-2/h8-9,12,15,19H,3-7,10-11,13H2,1-2H3. The van der Waals surface area contributed by atoms with Gasteiger partial charge in [-0.2, -0.15) is 0 Å². The molecule has 0 radical (unpaired) electrons. The zero-order valence-corrected chi connectivity index (χ0v) is 14.8. The highest BCUT2D eigenvalue weighted by Crippen LogP contribution is 2.33. The third kappa shape index (κ3) is 4.70. The third-order valence-corrected chi connectivity index (χ3v) is 4.87. The normalized spacial score (nSPS) is 15.6. The van der Waals surface area contributed by atoms with Gasteiger partial charge in [0.15, 0.2) is 0 Å². The fourth-order valence-electron chi connectivity index (χ4n) is 3.14. The van der Waals surface area contributed by atoms with Gasteiger partial charge in [0.1, 0.15) is 0 Å². The molecule has 0 spiro atoms. The van der Waals surface area contributed by atoms with Gasteiger partial charge in [0.05, 0.1) is 12.3 Å². The number of nitrogens with one attached hydrogen (secondary N) is 1. The maximum atomic E-state index is 5.05. The van der Waals surface area contributed by atoms with E-state index in [0.29, 0.717) is 0 Å². The van der Waals surface area contributed by atoms with Crippen LogP contribution in [0.2, 0.25) is 0 Å². The summed E-state index contributed by atoms with van der Waals surface area (Å²) in [5.74, 6) is 0. The molecule has 4 heteroatoms. The summed E-state index contributed by atoms with van der Waals surface area (Å²) in [4.78, 5) is 2.55. The molecule has 0 unspecified atom stereocenters. The third-order valence-electron chi connectivity index (χ3n) is 4.24. The van der Waals surface area contributed by atoms with Gasteiger partial charge in [-0.3, -0.25) is 0 Å². The van der Waals surface area contributed by atoms with Gasteiger partial charge < -0.3 is 15.0 Å². The van der Waals surface area contributed by atoms with Crippen molar-refractivity contribution < 1.29 is 4.74 Å². The molecule has 1 aliphatic carbocycles. The quantitative estimate of drug-likeness (QED) is 0.715. The number of methoxy groups -OCH3 is 1. The van der Waals surface area contributed by atoms with Crippen molar-refractivity contribution in [2.45, 2.75) is 45.2 Å². The van der Waals surface area contributed by atoms with Crippen molar-refractivity contribution in [3.05, 3.63) is 28.2 Å². The molecule has 1 saturated carbocycles. The highest BCUT2D eigenvalue weighted by Gasteiger charge is 2.22. The fraction of sp³-hybridized carbons (Fsp3) is 0.647. The van der Waals surface area contributed by atoms with Crippen LogP contribution in [0.25, 0.3) is 0 Å². The minimum absolute atomic E-state index is 0.719. The molecule has 1 aromatic rings. The van der Waals surface area contributed by atoms with E-state index in [4.69, 9.17) is 4.74 Å². The van der Waals surface area contributed by atoms with E-state index in [1.54, 1.807) is 7.11 Å². The van der Waals surface area contributed by atoms with Crippen LogP contribution in [0, 0.1) is 0 Å². The molecule has 21 heavy (non-hydrogen) atoms. The summed E-state index contributed by atoms with van der Waals surface area (Å²) in [6.45, 7) is 5.86. The summed E-state index contributed by atoms with van der Waals surface area (Å²) >= 11 is 3.76. The van der Waals surface area contributed by atoms with E-state index in [9.17, 15) is 0 Å². The van der Waals surface area contributed by atoms with Gasteiger partial charge in [-0.25, -0.2) is 0 Å². The van der Waals surface area contributed by atoms with E-state index in [2.05, 4.69) is 51.3 Å². The molecule has 0 atom stereocenters. The fourth-order valence-corrected chi connectivity index (χ4v) is 3.80. The Morgan fingerprint density at radius 1 is 1.33 bits per heavy atom. The zero-order valence-electron chi connectivity index (χ0n) is 13.2. The van der Waals surface area contributed by atoms with Crippen LogP contribution in [0.15, 0.2) is 22.7 Å². The predicted molar refractivity (Wildman–Crippen MR) is 93.0 cm³/mol. The average molecular weight is 355 g/mol. The van der Waals surface area contributed by atoms with Crippen LogP contribution in [0.4, 0.5) is 5.69 Å². The Kier molecular flexibility index (Phi) is 7.00. The number of ether oxygens (including phenoxy) is 1. The molecule has 1 N–H and O–H groups in total. The van der Waals surface area contributed by atoms with Crippen molar-refractivity contribution in [1.29, 1.82) is 0 Å². The molecule has 0 aliphatic heterocycles. The minimum Gasteiger partial charge on any atom is -0.383 e. The molecule has 0 saturated heterocycles. The van der Waals surface area contributed by atoms with Crippen LogP contribution in [-0.4, -0.2) is 32.8 Å². The summed E-state index contributed by atoms with van der Waals surface area (Å²) in [6.07, 6.45) is 5.42. The molecular formula is C17H27BrN2O. The number of halogens is 1. The van der Waals surface area contributed by atoms with Gasteiger partial charge in [0, 0.05) is 37.3 Å². The van der Waals surface area contributed by atoms with Crippen molar-refractivity contribution in [3.63, 3.8) is 0 Å². The van der Waals surface area contributed by atoms with E-state index in [0.717, 1.165) is 32.3 Å². The Bertz CT molecular complexity index is 433. The lowest BCUT2D eigenvalue weighted by Gasteiger charge is -2.31. The summed E-state index contributed by atoms with van der Waals surface area (Å²) in [5, 5.41) is 3.39. The van der Waals surface area contributed by atoms with Crippen LogP contribution in [0.1, 0.15) is 38.2 Å². The first kappa shape index (κ1) is 16.8. The van der Waals surface area contributed by atoms with Gasteiger partial charge in [0.2, 0.25) is 0 Å². The highest BCUT2D eigenvalue weighted by molar-refractivity contribution is 9.10. The number of hydrogen-bond acceptors (Lipinski definition) is 3. The number of hydrogen-bond donors (Lipinski definition) is 1. The smallest absolute Gasteiger partial charge is 0.0587 e. The van der Waals surface area contributed by atoms with E-state index < -0.39 is 0 Å². The average Bonchev–Trinajstić information content (AvgIpc) is 3.00. The van der Waals surface area contributed by atoms with Crippen LogP contribution in [0.5, 0.6) is 0 Å². The molecule has 0 aromatic heterocycles. The van der Waals surface area contributed by atoms with Gasteiger partial charge in [0.25, 0.3) is 0 Å². The first-order chi connectivity index (χ1) is 10.3. The molecule has 1 aliphatic rings. The maximum absolute atomic E-state index is 5.05. The monoisotopic (exact) mass is 354 g/mol. The van der Waals surface area contributed by atoms with Gasteiger partial charge in [-0.15, -0.1) is 0 Å². The van der Waals surface area contributed by atoms with E-state index >= 15 is 0 Å². The second-order valence-electron chi connectivity index (χ2n) is 5.68. The Morgan fingerprint density at radius 3 is 2.71 bits per heavy atom. The Labute approximate surface area is 137 Å². The predicted octanol–water partition coefficient (Wildman–Crippen LogP) is 3.95. The van der Waals surface area contributed by atoms with E-state index in [1.807, 2.05) is 0 Å². The second kappa shape index (κ2) is 8.76. The summed E-state index contributed by atoms with van der Waals surface area (Å²) in [6, 6.07) is 7.46. The van der Waals surface area contributed by atoms with Gasteiger partial charge >= 0.3 is 0 Å². The summed E-state index contributed by atoms with van der Waals surface area (Å²) in [7, 11) is 1.73. The number of benzene rings is 1. The largest absolute Gasteiger partial charge is 0.383 e. The lowest BCUT2D eigenvalue weighted by molar-refractivity contribution is 0.199. The van der Waals surface area contributed by atoms with Crippen molar-refractivity contribution >= 4 is 21.6 Å². The minimum atomic E-state index is 0.719. The van der Waals surface area contributed by atoms with Crippen molar-refractivity contribution in [3.8, 4) is 0 Å². The van der Waals surface area contributed by atoms with Gasteiger partial charge in [-0.05, 0) is 53.4 Å². The first-order valence-corrected chi connectivity index (χ1v) is 8.80. The lowest BCUT2D eigenvalue weighted by atomic mass is 10.1. The van der Waals surface area contributed by atoms with Gasteiger partial charge in [-0.1, -0.05) is 18.9 Å².